The Kier molecular flexibility index (Phi) is 6.11. The minimum atomic E-state index is -0.932. The van der Waals surface area contributed by atoms with Crippen LogP contribution in [-0.4, -0.2) is 26.7 Å². The van der Waals surface area contributed by atoms with E-state index in [0.717, 1.165) is 22.0 Å². The van der Waals surface area contributed by atoms with Crippen molar-refractivity contribution in [2.75, 3.05) is 5.75 Å². The maximum atomic E-state index is 11.5. The molecule has 1 heterocycles. The zero-order valence-corrected chi connectivity index (χ0v) is 16.9. The van der Waals surface area contributed by atoms with Crippen LogP contribution in [0.25, 0.3) is 21.2 Å². The number of nitro groups is 1. The fourth-order valence-corrected chi connectivity index (χ4v) is 4.58. The van der Waals surface area contributed by atoms with Gasteiger partial charge in [-0.2, -0.15) is 0 Å². The minimum Gasteiger partial charge on any atom is -0.481 e. The molecule has 0 amide bonds. The SMILES string of the molecule is CC(C)c1ccc(/C=C(\SCC(=O)O)c2nc3ccccc3s2)cc1[N+](=O)[O-]. The van der Waals surface area contributed by atoms with E-state index in [9.17, 15) is 14.9 Å². The van der Waals surface area contributed by atoms with Crippen molar-refractivity contribution < 1.29 is 14.8 Å². The van der Waals surface area contributed by atoms with Crippen LogP contribution in [0.2, 0.25) is 0 Å². The summed E-state index contributed by atoms with van der Waals surface area (Å²) in [6.07, 6.45) is 1.77. The third-order valence-electron chi connectivity index (χ3n) is 4.03. The summed E-state index contributed by atoms with van der Waals surface area (Å²) < 4.78 is 1.00. The fourth-order valence-electron chi connectivity index (χ4n) is 2.73. The molecule has 0 spiro atoms. The van der Waals surface area contributed by atoms with Crippen LogP contribution in [0.15, 0.2) is 42.5 Å². The molecule has 0 aliphatic heterocycles. The Labute approximate surface area is 170 Å². The molecule has 0 aliphatic rings. The number of carbonyl (C=O) groups is 1. The number of benzene rings is 2. The van der Waals surface area contributed by atoms with Gasteiger partial charge in [0.2, 0.25) is 0 Å². The van der Waals surface area contributed by atoms with Crippen LogP contribution in [0.1, 0.15) is 35.9 Å². The van der Waals surface area contributed by atoms with E-state index in [1.807, 2.05) is 44.2 Å². The van der Waals surface area contributed by atoms with Gasteiger partial charge in [0.25, 0.3) is 5.69 Å². The zero-order valence-electron chi connectivity index (χ0n) is 15.3. The van der Waals surface area contributed by atoms with Crippen LogP contribution in [-0.2, 0) is 4.79 Å². The van der Waals surface area contributed by atoms with E-state index in [1.165, 1.54) is 17.4 Å². The molecule has 0 aliphatic carbocycles. The average Bonchev–Trinajstić information content (AvgIpc) is 3.08. The Balaban J connectivity index is 2.07. The number of fused-ring (bicyclic) bond motifs is 1. The summed E-state index contributed by atoms with van der Waals surface area (Å²) in [5.41, 5.74) is 2.21. The number of thiazole rings is 1. The van der Waals surface area contributed by atoms with E-state index < -0.39 is 5.97 Å². The number of aliphatic carboxylic acids is 1. The van der Waals surface area contributed by atoms with Crippen molar-refractivity contribution in [1.82, 2.24) is 4.98 Å². The van der Waals surface area contributed by atoms with Crippen LogP contribution < -0.4 is 0 Å². The lowest BCUT2D eigenvalue weighted by Crippen LogP contribution is -1.99. The molecule has 6 nitrogen and oxygen atoms in total. The van der Waals surface area contributed by atoms with Gasteiger partial charge in [0.05, 0.1) is 20.9 Å². The lowest BCUT2D eigenvalue weighted by Gasteiger charge is -2.08. The Bertz CT molecular complexity index is 1040. The van der Waals surface area contributed by atoms with E-state index in [4.69, 9.17) is 5.11 Å². The Morgan fingerprint density at radius 2 is 2.07 bits per heavy atom. The first-order valence-corrected chi connectivity index (χ1v) is 10.4. The largest absolute Gasteiger partial charge is 0.481 e. The molecule has 8 heteroatoms. The molecule has 144 valence electrons. The highest BCUT2D eigenvalue weighted by Crippen LogP contribution is 2.36. The maximum Gasteiger partial charge on any atom is 0.313 e. The number of rotatable bonds is 7. The van der Waals surface area contributed by atoms with Gasteiger partial charge in [-0.15, -0.1) is 23.1 Å². The lowest BCUT2D eigenvalue weighted by molar-refractivity contribution is -0.385. The van der Waals surface area contributed by atoms with Crippen molar-refractivity contribution in [3.05, 3.63) is 68.7 Å². The molecule has 0 bridgehead atoms. The number of hydrogen-bond acceptors (Lipinski definition) is 6. The highest BCUT2D eigenvalue weighted by Gasteiger charge is 2.18. The van der Waals surface area contributed by atoms with Gasteiger partial charge >= 0.3 is 5.97 Å². The fraction of sp³-hybridized carbons (Fsp3) is 0.200. The number of nitro benzene ring substituents is 1. The normalized spacial score (nSPS) is 11.9. The molecule has 2 aromatic carbocycles. The van der Waals surface area contributed by atoms with E-state index in [0.29, 0.717) is 21.0 Å². The summed E-state index contributed by atoms with van der Waals surface area (Å²) in [6.45, 7) is 3.82. The molecule has 0 atom stereocenters. The maximum absolute atomic E-state index is 11.5. The first-order chi connectivity index (χ1) is 13.3. The summed E-state index contributed by atoms with van der Waals surface area (Å²) in [5.74, 6) is -1.02. The number of hydrogen-bond donors (Lipinski definition) is 1. The van der Waals surface area contributed by atoms with Crippen molar-refractivity contribution in [2.24, 2.45) is 0 Å². The number of thioether (sulfide) groups is 1. The van der Waals surface area contributed by atoms with Gasteiger partial charge in [0.1, 0.15) is 5.01 Å². The van der Waals surface area contributed by atoms with Crippen LogP contribution in [0.5, 0.6) is 0 Å². The molecule has 3 rings (SSSR count). The molecule has 0 fully saturated rings. The van der Waals surface area contributed by atoms with Crippen molar-refractivity contribution in [3.63, 3.8) is 0 Å². The molecule has 1 N–H and O–H groups in total. The third kappa shape index (κ3) is 4.58. The van der Waals surface area contributed by atoms with Gasteiger partial charge in [-0.3, -0.25) is 14.9 Å². The summed E-state index contributed by atoms with van der Waals surface area (Å²) in [6, 6.07) is 12.8. The summed E-state index contributed by atoms with van der Waals surface area (Å²) in [5, 5.41) is 21.2. The number of carboxylic acid groups (broad SMARTS) is 1. The van der Waals surface area contributed by atoms with Crippen molar-refractivity contribution in [3.8, 4) is 0 Å². The Hall–Kier alpha value is -2.71. The second-order valence-corrected chi connectivity index (χ2v) is 8.46. The molecular weight excluding hydrogens is 396 g/mol. The minimum absolute atomic E-state index is 0.0311. The smallest absolute Gasteiger partial charge is 0.313 e. The predicted octanol–water partition coefficient (Wildman–Crippen LogP) is 5.64. The van der Waals surface area contributed by atoms with E-state index >= 15 is 0 Å². The Morgan fingerprint density at radius 1 is 1.32 bits per heavy atom. The molecule has 0 saturated carbocycles. The Morgan fingerprint density at radius 3 is 2.71 bits per heavy atom. The van der Waals surface area contributed by atoms with E-state index in [1.54, 1.807) is 12.1 Å². The second kappa shape index (κ2) is 8.53. The van der Waals surface area contributed by atoms with Crippen molar-refractivity contribution >= 4 is 56.0 Å². The van der Waals surface area contributed by atoms with Gasteiger partial charge in [-0.1, -0.05) is 38.1 Å². The highest BCUT2D eigenvalue weighted by atomic mass is 32.2. The second-order valence-electron chi connectivity index (χ2n) is 6.41. The van der Waals surface area contributed by atoms with Crippen LogP contribution in [0, 0.1) is 10.1 Å². The molecule has 1 aromatic heterocycles. The number of para-hydroxylation sites is 1. The monoisotopic (exact) mass is 414 g/mol. The van der Waals surface area contributed by atoms with E-state index in [2.05, 4.69) is 4.98 Å². The van der Waals surface area contributed by atoms with Gasteiger partial charge < -0.3 is 5.11 Å². The molecular formula is C20H18N2O4S2. The number of carboxylic acids is 1. The van der Waals surface area contributed by atoms with Gasteiger partial charge in [-0.25, -0.2) is 4.98 Å². The lowest BCUT2D eigenvalue weighted by atomic mass is 9.99. The first kappa shape index (κ1) is 20.0. The summed E-state index contributed by atoms with van der Waals surface area (Å²) >= 11 is 2.62. The molecule has 3 aromatic rings. The van der Waals surface area contributed by atoms with Crippen LogP contribution >= 0.6 is 23.1 Å². The van der Waals surface area contributed by atoms with Gasteiger partial charge in [0, 0.05) is 16.5 Å². The van der Waals surface area contributed by atoms with Gasteiger partial charge in [0.15, 0.2) is 0 Å². The summed E-state index contributed by atoms with van der Waals surface area (Å²) in [4.78, 5) is 27.4. The topological polar surface area (TPSA) is 93.3 Å². The molecule has 28 heavy (non-hydrogen) atoms. The molecule has 0 radical (unpaired) electrons. The number of aromatic nitrogens is 1. The van der Waals surface area contributed by atoms with Crippen molar-refractivity contribution in [1.29, 1.82) is 0 Å². The van der Waals surface area contributed by atoms with E-state index in [-0.39, 0.29) is 22.3 Å². The molecule has 0 unspecified atom stereocenters. The standard InChI is InChI=1S/C20H18N2O4S2/c1-12(2)14-8-7-13(9-16(14)22(25)26)10-18(27-11-19(23)24)20-21-15-5-3-4-6-17(15)28-20/h3-10,12H,11H2,1-2H3,(H,23,24)/b18-10-. The molecule has 0 saturated heterocycles. The van der Waals surface area contributed by atoms with Crippen LogP contribution in [0.4, 0.5) is 5.69 Å². The third-order valence-corrected chi connectivity index (χ3v) is 6.24. The highest BCUT2D eigenvalue weighted by molar-refractivity contribution is 8.09. The quantitative estimate of drug-likeness (QED) is 0.397. The zero-order chi connectivity index (χ0) is 20.3. The van der Waals surface area contributed by atoms with Crippen LogP contribution in [0.3, 0.4) is 0 Å². The number of nitrogens with zero attached hydrogens (tertiary/aromatic N) is 2. The average molecular weight is 415 g/mol. The summed E-state index contributed by atoms with van der Waals surface area (Å²) in [7, 11) is 0. The van der Waals surface area contributed by atoms with Crippen molar-refractivity contribution in [2.45, 2.75) is 19.8 Å². The predicted molar refractivity (Wildman–Crippen MR) is 115 cm³/mol. The van der Waals surface area contributed by atoms with Gasteiger partial charge in [-0.05, 0) is 29.7 Å². The first-order valence-electron chi connectivity index (χ1n) is 8.55.